The zero-order valence-electron chi connectivity index (χ0n) is 27.5. The minimum absolute atomic E-state index is 0.0936. The molecule has 3 amide bonds. The molecule has 0 saturated heterocycles. The van der Waals surface area contributed by atoms with Crippen LogP contribution in [0.4, 0.5) is 17.1 Å². The maximum Gasteiger partial charge on any atom is 0.330 e. The Kier molecular flexibility index (Phi) is 15.0. The van der Waals surface area contributed by atoms with Crippen LogP contribution in [0.25, 0.3) is 0 Å². The Morgan fingerprint density at radius 1 is 0.809 bits per heavy atom. The largest absolute Gasteiger partial charge is 0.463 e. The summed E-state index contributed by atoms with van der Waals surface area (Å²) in [4.78, 5) is 76.8. The van der Waals surface area contributed by atoms with Crippen molar-refractivity contribution in [1.29, 1.82) is 0 Å². The molecule has 2 aromatic rings. The summed E-state index contributed by atoms with van der Waals surface area (Å²) in [7, 11) is 0. The quantitative estimate of drug-likeness (QED) is 0.0676. The van der Waals surface area contributed by atoms with Gasteiger partial charge < -0.3 is 25.6 Å². The van der Waals surface area contributed by atoms with Crippen LogP contribution in [-0.4, -0.2) is 66.4 Å². The van der Waals surface area contributed by atoms with Crippen molar-refractivity contribution >= 4 is 52.3 Å². The highest BCUT2D eigenvalue weighted by molar-refractivity contribution is 6.05. The van der Waals surface area contributed by atoms with E-state index in [1.165, 1.54) is 6.07 Å². The lowest BCUT2D eigenvalue weighted by molar-refractivity contribution is -0.137. The molecule has 1 heterocycles. The van der Waals surface area contributed by atoms with Crippen LogP contribution in [0.2, 0.25) is 0 Å². The maximum absolute atomic E-state index is 13.2. The van der Waals surface area contributed by atoms with Crippen molar-refractivity contribution in [1.82, 2.24) is 4.90 Å². The van der Waals surface area contributed by atoms with E-state index >= 15 is 0 Å². The number of fused-ring (bicyclic) bond motifs is 1. The van der Waals surface area contributed by atoms with Gasteiger partial charge in [-0.15, -0.1) is 0 Å². The summed E-state index contributed by atoms with van der Waals surface area (Å²) >= 11 is 0. The molecule has 0 unspecified atom stereocenters. The number of unbranched alkanes of at least 4 members (excludes halogenated alkanes) is 3. The van der Waals surface area contributed by atoms with Crippen LogP contribution in [0, 0.1) is 0 Å². The number of esters is 1. The van der Waals surface area contributed by atoms with Gasteiger partial charge in [-0.1, -0.05) is 32.9 Å². The average molecular weight is 647 g/mol. The van der Waals surface area contributed by atoms with Crippen LogP contribution in [0.3, 0.4) is 0 Å². The molecule has 1 aliphatic rings. The number of Topliss-reactive ketones (excluding diaryl/α,β-unsaturated/α-hetero) is 2. The number of ketones is 2. The van der Waals surface area contributed by atoms with Gasteiger partial charge in [0, 0.05) is 59.9 Å². The summed E-state index contributed by atoms with van der Waals surface area (Å²) in [5.41, 5.74) is 2.97. The number of nitrogens with one attached hydrogen (secondary N) is 3. The number of hydrogen-bond acceptors (Lipinski definition) is 8. The molecule has 0 atom stereocenters. The van der Waals surface area contributed by atoms with Gasteiger partial charge in [-0.25, -0.2) is 4.79 Å². The number of anilines is 3. The Labute approximate surface area is 276 Å². The third-order valence-electron chi connectivity index (χ3n) is 7.94. The Bertz CT molecular complexity index is 1470. The summed E-state index contributed by atoms with van der Waals surface area (Å²) < 4.78 is 4.96. The van der Waals surface area contributed by atoms with Crippen molar-refractivity contribution in [2.75, 3.05) is 42.2 Å². The van der Waals surface area contributed by atoms with Gasteiger partial charge in [0.15, 0.2) is 11.6 Å². The van der Waals surface area contributed by atoms with Crippen LogP contribution in [0.1, 0.15) is 97.9 Å². The van der Waals surface area contributed by atoms with Gasteiger partial charge in [0.1, 0.15) is 0 Å². The number of benzene rings is 2. The van der Waals surface area contributed by atoms with E-state index in [0.29, 0.717) is 53.9 Å². The standard InChI is InChI=1S/C36H46N4O7/c1-4-36(46)47-19-11-9-13-32(42)27-20-26(31(41)12-8-7-10-18-40(5-2)6-3)21-29(22-27)38-34(44)17-16-33(43)37-28-15-14-25-23-35(45)39-30(25)24-28/h4,14-15,20-22,24H,1,5-13,16-19,23H2,2-3H3,(H,37,43)(H,38,44)(H,39,45). The molecule has 3 rings (SSSR count). The minimum Gasteiger partial charge on any atom is -0.463 e. The monoisotopic (exact) mass is 646 g/mol. The number of amides is 3. The Morgan fingerprint density at radius 3 is 2.04 bits per heavy atom. The molecule has 1 aliphatic heterocycles. The normalized spacial score (nSPS) is 11.9. The van der Waals surface area contributed by atoms with Gasteiger partial charge in [0.2, 0.25) is 17.7 Å². The molecule has 11 nitrogen and oxygen atoms in total. The van der Waals surface area contributed by atoms with Gasteiger partial charge in [-0.3, -0.25) is 24.0 Å². The van der Waals surface area contributed by atoms with Crippen molar-refractivity contribution in [2.24, 2.45) is 0 Å². The number of ether oxygens (including phenoxy) is 1. The van der Waals surface area contributed by atoms with Gasteiger partial charge in [-0.2, -0.15) is 0 Å². The molecule has 3 N–H and O–H groups in total. The molecule has 47 heavy (non-hydrogen) atoms. The fourth-order valence-electron chi connectivity index (χ4n) is 5.23. The van der Waals surface area contributed by atoms with E-state index in [0.717, 1.165) is 50.5 Å². The minimum atomic E-state index is -0.522. The van der Waals surface area contributed by atoms with Gasteiger partial charge >= 0.3 is 5.97 Å². The number of carbonyl (C=O) groups excluding carboxylic acids is 6. The van der Waals surface area contributed by atoms with Crippen LogP contribution in [0.15, 0.2) is 49.1 Å². The first-order chi connectivity index (χ1) is 22.6. The van der Waals surface area contributed by atoms with Crippen molar-refractivity contribution in [3.05, 3.63) is 65.7 Å². The third-order valence-corrected chi connectivity index (χ3v) is 7.94. The zero-order chi connectivity index (χ0) is 34.2. The molecule has 252 valence electrons. The molecule has 0 bridgehead atoms. The van der Waals surface area contributed by atoms with E-state index in [9.17, 15) is 28.8 Å². The Balaban J connectivity index is 1.59. The molecular formula is C36H46N4O7. The van der Waals surface area contributed by atoms with E-state index in [4.69, 9.17) is 4.74 Å². The highest BCUT2D eigenvalue weighted by atomic mass is 16.5. The molecule has 0 aromatic heterocycles. The molecule has 0 spiro atoms. The van der Waals surface area contributed by atoms with Crippen LogP contribution < -0.4 is 16.0 Å². The predicted octanol–water partition coefficient (Wildman–Crippen LogP) is 5.71. The topological polar surface area (TPSA) is 151 Å². The summed E-state index contributed by atoms with van der Waals surface area (Å²) in [5, 5.41) is 8.22. The van der Waals surface area contributed by atoms with E-state index in [-0.39, 0.29) is 49.3 Å². The summed E-state index contributed by atoms with van der Waals surface area (Å²) in [6.07, 6.45) is 5.24. The van der Waals surface area contributed by atoms with Crippen molar-refractivity contribution in [3.8, 4) is 0 Å². The number of nitrogens with zero attached hydrogens (tertiary/aromatic N) is 1. The molecule has 0 aliphatic carbocycles. The summed E-state index contributed by atoms with van der Waals surface area (Å²) in [5.74, 6) is -1.75. The molecule has 0 fully saturated rings. The Morgan fingerprint density at radius 2 is 1.43 bits per heavy atom. The van der Waals surface area contributed by atoms with Crippen LogP contribution in [0.5, 0.6) is 0 Å². The number of carbonyl (C=O) groups is 6. The van der Waals surface area contributed by atoms with Gasteiger partial charge in [0.25, 0.3) is 0 Å². The maximum atomic E-state index is 13.2. The molecular weight excluding hydrogens is 600 g/mol. The fourth-order valence-corrected chi connectivity index (χ4v) is 5.23. The van der Waals surface area contributed by atoms with Crippen molar-refractivity contribution in [3.63, 3.8) is 0 Å². The molecule has 0 saturated carbocycles. The average Bonchev–Trinajstić information content (AvgIpc) is 3.44. The second kappa shape index (κ2) is 19.1. The van der Waals surface area contributed by atoms with E-state index in [2.05, 4.69) is 41.3 Å². The SMILES string of the molecule is C=CC(=O)OCCCCC(=O)c1cc(NC(=O)CCC(=O)Nc2ccc3c(c2)NC(=O)C3)cc(C(=O)CCCCCN(CC)CC)c1. The van der Waals surface area contributed by atoms with E-state index < -0.39 is 11.9 Å². The molecule has 11 heteroatoms. The molecule has 2 aromatic carbocycles. The first kappa shape index (κ1) is 36.8. The summed E-state index contributed by atoms with van der Waals surface area (Å²) in [6.45, 7) is 10.7. The first-order valence-corrected chi connectivity index (χ1v) is 16.4. The summed E-state index contributed by atoms with van der Waals surface area (Å²) in [6, 6.07) is 9.83. The lowest BCUT2D eigenvalue weighted by Crippen LogP contribution is -2.23. The number of rotatable bonds is 21. The third kappa shape index (κ3) is 12.6. The first-order valence-electron chi connectivity index (χ1n) is 16.4. The predicted molar refractivity (Wildman–Crippen MR) is 182 cm³/mol. The number of hydrogen-bond donors (Lipinski definition) is 3. The highest BCUT2D eigenvalue weighted by Crippen LogP contribution is 2.26. The van der Waals surface area contributed by atoms with E-state index in [1.807, 2.05) is 0 Å². The Hall–Kier alpha value is -4.64. The van der Waals surface area contributed by atoms with Crippen LogP contribution in [-0.2, 0) is 30.3 Å². The lowest BCUT2D eigenvalue weighted by Gasteiger charge is -2.17. The second-order valence-electron chi connectivity index (χ2n) is 11.5. The smallest absolute Gasteiger partial charge is 0.330 e. The van der Waals surface area contributed by atoms with Crippen molar-refractivity contribution < 1.29 is 33.5 Å². The van der Waals surface area contributed by atoms with Gasteiger partial charge in [-0.05, 0) is 81.2 Å². The van der Waals surface area contributed by atoms with Crippen LogP contribution >= 0.6 is 0 Å². The molecule has 0 radical (unpaired) electrons. The van der Waals surface area contributed by atoms with E-state index in [1.54, 1.807) is 30.3 Å². The second-order valence-corrected chi connectivity index (χ2v) is 11.5. The van der Waals surface area contributed by atoms with Crippen molar-refractivity contribution in [2.45, 2.75) is 78.1 Å². The highest BCUT2D eigenvalue weighted by Gasteiger charge is 2.19. The lowest BCUT2D eigenvalue weighted by atomic mass is 9.98. The fraction of sp³-hybridized carbons (Fsp3) is 0.444. The zero-order valence-corrected chi connectivity index (χ0v) is 27.5. The van der Waals surface area contributed by atoms with Gasteiger partial charge in [0.05, 0.1) is 13.0 Å².